The lowest BCUT2D eigenvalue weighted by molar-refractivity contribution is 0.581. The fourth-order valence-electron chi connectivity index (χ4n) is 1.79. The van der Waals surface area contributed by atoms with E-state index in [-0.39, 0.29) is 11.4 Å². The second kappa shape index (κ2) is 5.28. The highest BCUT2D eigenvalue weighted by Crippen LogP contribution is 2.17. The van der Waals surface area contributed by atoms with Gasteiger partial charge in [-0.05, 0) is 23.8 Å². The zero-order valence-electron chi connectivity index (χ0n) is 10.4. The summed E-state index contributed by atoms with van der Waals surface area (Å²) in [7, 11) is -3.54. The highest BCUT2D eigenvalue weighted by molar-refractivity contribution is 7.89. The first-order valence-electron chi connectivity index (χ1n) is 5.91. The molecule has 1 N–H and O–H groups in total. The fourth-order valence-corrected chi connectivity index (χ4v) is 3.34. The lowest BCUT2D eigenvalue weighted by atomic mass is 10.2. The number of rotatable bonds is 4. The molecule has 0 saturated carbocycles. The molecule has 0 atom stereocenters. The van der Waals surface area contributed by atoms with Crippen LogP contribution in [0.15, 0.2) is 53.4 Å². The first-order chi connectivity index (χ1) is 9.65. The van der Waals surface area contributed by atoms with E-state index >= 15 is 0 Å². The summed E-state index contributed by atoms with van der Waals surface area (Å²) in [5.41, 5.74) is 2.21. The van der Waals surface area contributed by atoms with Crippen molar-refractivity contribution >= 4 is 32.8 Å². The van der Waals surface area contributed by atoms with Gasteiger partial charge in [-0.2, -0.15) is 8.75 Å². The van der Waals surface area contributed by atoms with Crippen LogP contribution in [0.3, 0.4) is 0 Å². The first-order valence-corrected chi connectivity index (χ1v) is 8.12. The third kappa shape index (κ3) is 2.69. The molecular formula is C13H11N3O2S2. The van der Waals surface area contributed by atoms with E-state index in [0.29, 0.717) is 11.0 Å². The van der Waals surface area contributed by atoms with Gasteiger partial charge in [0.15, 0.2) is 0 Å². The number of benzene rings is 2. The number of nitrogens with one attached hydrogen (secondary N) is 1. The van der Waals surface area contributed by atoms with Crippen molar-refractivity contribution in [3.8, 4) is 0 Å². The van der Waals surface area contributed by atoms with E-state index in [4.69, 9.17) is 0 Å². The molecule has 0 aliphatic rings. The van der Waals surface area contributed by atoms with Gasteiger partial charge in [0.1, 0.15) is 11.0 Å². The molecule has 0 amide bonds. The summed E-state index contributed by atoms with van der Waals surface area (Å²) >= 11 is 1.07. The summed E-state index contributed by atoms with van der Waals surface area (Å²) in [6.45, 7) is 0.260. The smallest absolute Gasteiger partial charge is 0.207 e. The van der Waals surface area contributed by atoms with Crippen molar-refractivity contribution in [3.05, 3.63) is 54.1 Å². The molecule has 0 fully saturated rings. The molecule has 1 aromatic heterocycles. The fraction of sp³-hybridized carbons (Fsp3) is 0.0769. The van der Waals surface area contributed by atoms with E-state index in [2.05, 4.69) is 13.5 Å². The molecule has 0 aliphatic heterocycles. The van der Waals surface area contributed by atoms with Gasteiger partial charge in [-0.1, -0.05) is 30.3 Å². The third-order valence-electron chi connectivity index (χ3n) is 2.84. The number of hydrogen-bond acceptors (Lipinski definition) is 5. The van der Waals surface area contributed by atoms with Crippen LogP contribution >= 0.6 is 11.7 Å². The van der Waals surface area contributed by atoms with Gasteiger partial charge >= 0.3 is 0 Å². The summed E-state index contributed by atoms with van der Waals surface area (Å²) in [6, 6.07) is 14.1. The number of aromatic nitrogens is 2. The van der Waals surface area contributed by atoms with Crippen molar-refractivity contribution in [2.45, 2.75) is 11.4 Å². The van der Waals surface area contributed by atoms with Crippen molar-refractivity contribution in [1.82, 2.24) is 13.5 Å². The molecule has 2 aromatic carbocycles. The van der Waals surface area contributed by atoms with Crippen LogP contribution in [0.2, 0.25) is 0 Å². The van der Waals surface area contributed by atoms with Gasteiger partial charge in [0.2, 0.25) is 10.0 Å². The Kier molecular flexibility index (Phi) is 3.47. The quantitative estimate of drug-likeness (QED) is 0.802. The molecule has 0 saturated heterocycles. The molecule has 5 nitrogen and oxygen atoms in total. The van der Waals surface area contributed by atoms with Crippen LogP contribution in [0.4, 0.5) is 0 Å². The minimum Gasteiger partial charge on any atom is -0.207 e. The third-order valence-corrected chi connectivity index (χ3v) is 4.80. The molecule has 7 heteroatoms. The highest BCUT2D eigenvalue weighted by Gasteiger charge is 2.15. The minimum atomic E-state index is -3.54. The second-order valence-corrected chi connectivity index (χ2v) is 6.52. The van der Waals surface area contributed by atoms with Crippen LogP contribution in [-0.4, -0.2) is 17.2 Å². The average Bonchev–Trinajstić information content (AvgIpc) is 2.94. The molecule has 0 aliphatic carbocycles. The number of fused-ring (bicyclic) bond motifs is 1. The summed E-state index contributed by atoms with van der Waals surface area (Å²) in [4.78, 5) is 0.202. The summed E-state index contributed by atoms with van der Waals surface area (Å²) in [5.74, 6) is 0. The van der Waals surface area contributed by atoms with Gasteiger partial charge in [0.05, 0.1) is 16.6 Å². The SMILES string of the molecule is O=S(=O)(NCc1ccccc1)c1ccc2nsnc2c1. The Bertz CT molecular complexity index is 829. The van der Waals surface area contributed by atoms with E-state index in [1.165, 1.54) is 12.1 Å². The largest absolute Gasteiger partial charge is 0.240 e. The maximum Gasteiger partial charge on any atom is 0.240 e. The van der Waals surface area contributed by atoms with Gasteiger partial charge in [-0.15, -0.1) is 0 Å². The zero-order chi connectivity index (χ0) is 14.0. The Balaban J connectivity index is 1.84. The molecule has 102 valence electrons. The van der Waals surface area contributed by atoms with Gasteiger partial charge in [-0.3, -0.25) is 0 Å². The molecular weight excluding hydrogens is 294 g/mol. The molecule has 20 heavy (non-hydrogen) atoms. The molecule has 3 aromatic rings. The summed E-state index contributed by atoms with van der Waals surface area (Å²) < 4.78 is 35.1. The molecule has 0 unspecified atom stereocenters. The Morgan fingerprint density at radius 2 is 1.75 bits per heavy atom. The maximum atomic E-state index is 12.2. The second-order valence-electron chi connectivity index (χ2n) is 4.22. The molecule has 0 spiro atoms. The van der Waals surface area contributed by atoms with Crippen molar-refractivity contribution < 1.29 is 8.42 Å². The Morgan fingerprint density at radius 3 is 2.55 bits per heavy atom. The van der Waals surface area contributed by atoms with Gasteiger partial charge in [0.25, 0.3) is 0 Å². The van der Waals surface area contributed by atoms with Gasteiger partial charge < -0.3 is 0 Å². The molecule has 0 bridgehead atoms. The predicted molar refractivity (Wildman–Crippen MR) is 77.9 cm³/mol. The Morgan fingerprint density at radius 1 is 1.00 bits per heavy atom. The summed E-state index contributed by atoms with van der Waals surface area (Å²) in [5, 5.41) is 0. The van der Waals surface area contributed by atoms with Gasteiger partial charge in [-0.25, -0.2) is 13.1 Å². The Hall–Kier alpha value is -1.83. The minimum absolute atomic E-state index is 0.202. The lowest BCUT2D eigenvalue weighted by Gasteiger charge is -2.06. The van der Waals surface area contributed by atoms with E-state index in [1.807, 2.05) is 30.3 Å². The lowest BCUT2D eigenvalue weighted by Crippen LogP contribution is -2.23. The van der Waals surface area contributed by atoms with E-state index in [0.717, 1.165) is 17.3 Å². The van der Waals surface area contributed by atoms with Crippen LogP contribution in [0.5, 0.6) is 0 Å². The predicted octanol–water partition coefficient (Wildman–Crippen LogP) is 2.17. The van der Waals surface area contributed by atoms with E-state index < -0.39 is 10.0 Å². The molecule has 1 heterocycles. The van der Waals surface area contributed by atoms with Crippen molar-refractivity contribution in [1.29, 1.82) is 0 Å². The monoisotopic (exact) mass is 305 g/mol. The zero-order valence-corrected chi connectivity index (χ0v) is 12.0. The maximum absolute atomic E-state index is 12.2. The first kappa shape index (κ1) is 13.2. The van der Waals surface area contributed by atoms with Crippen molar-refractivity contribution in [2.24, 2.45) is 0 Å². The highest BCUT2D eigenvalue weighted by atomic mass is 32.2. The number of sulfonamides is 1. The standard InChI is InChI=1S/C13H11N3O2S2/c17-20(18,14-9-10-4-2-1-3-5-10)11-6-7-12-13(8-11)16-19-15-12/h1-8,14H,9H2. The average molecular weight is 305 g/mol. The normalized spacial score (nSPS) is 11.8. The molecule has 0 radical (unpaired) electrons. The van der Waals surface area contributed by atoms with E-state index in [1.54, 1.807) is 6.07 Å². The number of nitrogens with zero attached hydrogens (tertiary/aromatic N) is 2. The van der Waals surface area contributed by atoms with Crippen LogP contribution < -0.4 is 4.72 Å². The van der Waals surface area contributed by atoms with Crippen LogP contribution in [-0.2, 0) is 16.6 Å². The topological polar surface area (TPSA) is 72.0 Å². The van der Waals surface area contributed by atoms with Crippen molar-refractivity contribution in [2.75, 3.05) is 0 Å². The van der Waals surface area contributed by atoms with Gasteiger partial charge in [0, 0.05) is 6.54 Å². The Labute approximate surface area is 120 Å². The van der Waals surface area contributed by atoms with Crippen LogP contribution in [0.1, 0.15) is 5.56 Å². The van der Waals surface area contributed by atoms with Crippen molar-refractivity contribution in [3.63, 3.8) is 0 Å². The van der Waals surface area contributed by atoms with E-state index in [9.17, 15) is 8.42 Å². The van der Waals surface area contributed by atoms with Crippen LogP contribution in [0.25, 0.3) is 11.0 Å². The molecule has 3 rings (SSSR count). The van der Waals surface area contributed by atoms with Crippen LogP contribution in [0, 0.1) is 0 Å². The number of hydrogen-bond donors (Lipinski definition) is 1. The summed E-state index contributed by atoms with van der Waals surface area (Å²) in [6.07, 6.45) is 0.